The number of ether oxygens (including phenoxy) is 1. The summed E-state index contributed by atoms with van der Waals surface area (Å²) in [7, 11) is 1.56. The van der Waals surface area contributed by atoms with Crippen LogP contribution in [0.2, 0.25) is 5.02 Å². The smallest absolute Gasteiger partial charge is 0.138 e. The Balaban J connectivity index is 2.99. The van der Waals surface area contributed by atoms with Gasteiger partial charge < -0.3 is 10.5 Å². The van der Waals surface area contributed by atoms with Crippen LogP contribution in [0.15, 0.2) is 12.3 Å². The Morgan fingerprint density at radius 2 is 2.45 bits per heavy atom. The molecule has 1 aromatic heterocycles. The quantitative estimate of drug-likeness (QED) is 0.730. The van der Waals surface area contributed by atoms with Crippen LogP contribution < -0.4 is 10.5 Å². The zero-order valence-corrected chi connectivity index (χ0v) is 6.93. The predicted octanol–water partition coefficient (Wildman–Crippen LogP) is 1.20. The van der Waals surface area contributed by atoms with E-state index in [0.29, 0.717) is 23.0 Å². The standard InChI is InChI=1S/C7H9ClN2O/c1-11-5-2-6(8)7(3-9)10-4-5/h2,4H,3,9H2,1H3. The van der Waals surface area contributed by atoms with Crippen LogP contribution in [0.25, 0.3) is 0 Å². The van der Waals surface area contributed by atoms with Gasteiger partial charge in [0.1, 0.15) is 5.75 Å². The summed E-state index contributed by atoms with van der Waals surface area (Å²) in [6.07, 6.45) is 1.59. The first-order chi connectivity index (χ1) is 5.27. The average Bonchev–Trinajstić information content (AvgIpc) is 2.04. The number of aromatic nitrogens is 1. The van der Waals surface area contributed by atoms with Gasteiger partial charge >= 0.3 is 0 Å². The number of hydrogen-bond donors (Lipinski definition) is 1. The van der Waals surface area contributed by atoms with E-state index in [-0.39, 0.29) is 0 Å². The molecule has 1 rings (SSSR count). The van der Waals surface area contributed by atoms with Crippen molar-refractivity contribution in [1.29, 1.82) is 0 Å². The molecule has 1 heterocycles. The van der Waals surface area contributed by atoms with Crippen molar-refractivity contribution in [3.05, 3.63) is 23.0 Å². The first kappa shape index (κ1) is 8.30. The average molecular weight is 173 g/mol. The number of hydrogen-bond acceptors (Lipinski definition) is 3. The van der Waals surface area contributed by atoms with Crippen molar-refractivity contribution in [3.63, 3.8) is 0 Å². The van der Waals surface area contributed by atoms with Crippen LogP contribution in [-0.2, 0) is 6.54 Å². The van der Waals surface area contributed by atoms with E-state index < -0.39 is 0 Å². The fourth-order valence-corrected chi connectivity index (χ4v) is 0.944. The van der Waals surface area contributed by atoms with Crippen LogP contribution in [-0.4, -0.2) is 12.1 Å². The van der Waals surface area contributed by atoms with E-state index in [4.69, 9.17) is 22.1 Å². The summed E-state index contributed by atoms with van der Waals surface area (Å²) in [5.74, 6) is 0.646. The molecule has 3 nitrogen and oxygen atoms in total. The van der Waals surface area contributed by atoms with Crippen molar-refractivity contribution in [3.8, 4) is 5.75 Å². The fourth-order valence-electron chi connectivity index (χ4n) is 0.711. The molecule has 0 bridgehead atoms. The van der Waals surface area contributed by atoms with Crippen LogP contribution in [0.5, 0.6) is 5.75 Å². The van der Waals surface area contributed by atoms with E-state index in [1.54, 1.807) is 19.4 Å². The second kappa shape index (κ2) is 3.55. The van der Waals surface area contributed by atoms with Gasteiger partial charge in [0.05, 0.1) is 24.0 Å². The van der Waals surface area contributed by atoms with Crippen molar-refractivity contribution in [2.24, 2.45) is 5.73 Å². The minimum Gasteiger partial charge on any atom is -0.495 e. The maximum absolute atomic E-state index is 5.79. The van der Waals surface area contributed by atoms with Gasteiger partial charge in [0.2, 0.25) is 0 Å². The monoisotopic (exact) mass is 172 g/mol. The lowest BCUT2D eigenvalue weighted by Crippen LogP contribution is -2.00. The highest BCUT2D eigenvalue weighted by Gasteiger charge is 2.00. The van der Waals surface area contributed by atoms with Gasteiger partial charge in [-0.2, -0.15) is 0 Å². The van der Waals surface area contributed by atoms with Crippen molar-refractivity contribution in [2.75, 3.05) is 7.11 Å². The Bertz CT molecular complexity index is 252. The summed E-state index contributed by atoms with van der Waals surface area (Å²) in [6.45, 7) is 0.350. The molecule has 11 heavy (non-hydrogen) atoms. The van der Waals surface area contributed by atoms with Gasteiger partial charge in [-0.25, -0.2) is 0 Å². The Morgan fingerprint density at radius 1 is 1.73 bits per heavy atom. The summed E-state index contributed by atoms with van der Waals surface area (Å²) < 4.78 is 4.91. The third-order valence-electron chi connectivity index (χ3n) is 1.32. The molecule has 0 amide bonds. The number of pyridine rings is 1. The number of nitrogens with two attached hydrogens (primary N) is 1. The fraction of sp³-hybridized carbons (Fsp3) is 0.286. The summed E-state index contributed by atoms with van der Waals surface area (Å²) >= 11 is 5.79. The molecule has 0 aliphatic heterocycles. The molecule has 0 spiro atoms. The topological polar surface area (TPSA) is 48.1 Å². The summed E-state index contributed by atoms with van der Waals surface area (Å²) in [5.41, 5.74) is 6.04. The van der Waals surface area contributed by atoms with Crippen LogP contribution in [0.1, 0.15) is 5.69 Å². The molecular formula is C7H9ClN2O. The molecule has 0 saturated heterocycles. The number of nitrogens with zero attached hydrogens (tertiary/aromatic N) is 1. The third kappa shape index (κ3) is 1.82. The lowest BCUT2D eigenvalue weighted by atomic mass is 10.3. The maximum Gasteiger partial charge on any atom is 0.138 e. The number of rotatable bonds is 2. The second-order valence-electron chi connectivity index (χ2n) is 2.01. The SMILES string of the molecule is COc1cnc(CN)c(Cl)c1. The molecule has 0 radical (unpaired) electrons. The van der Waals surface area contributed by atoms with Gasteiger partial charge in [-0.05, 0) is 0 Å². The lowest BCUT2D eigenvalue weighted by molar-refractivity contribution is 0.412. The van der Waals surface area contributed by atoms with Crippen LogP contribution in [0.3, 0.4) is 0 Å². The first-order valence-corrected chi connectivity index (χ1v) is 3.54. The van der Waals surface area contributed by atoms with Crippen molar-refractivity contribution in [2.45, 2.75) is 6.54 Å². The first-order valence-electron chi connectivity index (χ1n) is 3.16. The molecule has 0 saturated carbocycles. The highest BCUT2D eigenvalue weighted by Crippen LogP contribution is 2.18. The molecule has 4 heteroatoms. The van der Waals surface area contributed by atoms with Gasteiger partial charge in [0.25, 0.3) is 0 Å². The minimum absolute atomic E-state index is 0.350. The Hall–Kier alpha value is -0.800. The molecule has 0 aliphatic carbocycles. The molecular weight excluding hydrogens is 164 g/mol. The molecule has 0 aliphatic rings. The highest BCUT2D eigenvalue weighted by molar-refractivity contribution is 6.31. The van der Waals surface area contributed by atoms with Gasteiger partial charge in [-0.15, -0.1) is 0 Å². The molecule has 0 unspecified atom stereocenters. The second-order valence-corrected chi connectivity index (χ2v) is 2.41. The van der Waals surface area contributed by atoms with Crippen molar-refractivity contribution >= 4 is 11.6 Å². The van der Waals surface area contributed by atoms with E-state index in [2.05, 4.69) is 4.98 Å². The largest absolute Gasteiger partial charge is 0.495 e. The van der Waals surface area contributed by atoms with Crippen LogP contribution in [0.4, 0.5) is 0 Å². The van der Waals surface area contributed by atoms with Crippen molar-refractivity contribution in [1.82, 2.24) is 4.98 Å². The van der Waals surface area contributed by atoms with E-state index >= 15 is 0 Å². The molecule has 0 atom stereocenters. The van der Waals surface area contributed by atoms with Crippen LogP contribution in [0, 0.1) is 0 Å². The Labute approximate surface area is 70.1 Å². The van der Waals surface area contributed by atoms with Crippen molar-refractivity contribution < 1.29 is 4.74 Å². The van der Waals surface area contributed by atoms with E-state index in [0.717, 1.165) is 0 Å². The summed E-state index contributed by atoms with van der Waals surface area (Å²) in [6, 6.07) is 1.69. The number of methoxy groups -OCH3 is 1. The Kier molecular flexibility index (Phi) is 2.68. The molecule has 2 N–H and O–H groups in total. The van der Waals surface area contributed by atoms with Gasteiger partial charge in [0.15, 0.2) is 0 Å². The van der Waals surface area contributed by atoms with E-state index in [1.807, 2.05) is 0 Å². The summed E-state index contributed by atoms with van der Waals surface area (Å²) in [5, 5.41) is 0.548. The third-order valence-corrected chi connectivity index (χ3v) is 1.65. The van der Waals surface area contributed by atoms with Gasteiger partial charge in [0, 0.05) is 12.6 Å². The molecule has 0 aromatic carbocycles. The zero-order valence-electron chi connectivity index (χ0n) is 6.17. The zero-order chi connectivity index (χ0) is 8.27. The minimum atomic E-state index is 0.350. The maximum atomic E-state index is 5.79. The predicted molar refractivity (Wildman–Crippen MR) is 43.7 cm³/mol. The van der Waals surface area contributed by atoms with Crippen LogP contribution >= 0.6 is 11.6 Å². The molecule has 0 fully saturated rings. The van der Waals surface area contributed by atoms with Gasteiger partial charge in [-0.3, -0.25) is 4.98 Å². The summed E-state index contributed by atoms with van der Waals surface area (Å²) in [4.78, 5) is 3.99. The highest BCUT2D eigenvalue weighted by atomic mass is 35.5. The van der Waals surface area contributed by atoms with E-state index in [9.17, 15) is 0 Å². The normalized spacial score (nSPS) is 9.73. The Morgan fingerprint density at radius 3 is 2.91 bits per heavy atom. The van der Waals surface area contributed by atoms with E-state index in [1.165, 1.54) is 0 Å². The van der Waals surface area contributed by atoms with Gasteiger partial charge in [-0.1, -0.05) is 11.6 Å². The lowest BCUT2D eigenvalue weighted by Gasteiger charge is -2.02. The number of halogens is 1. The molecule has 1 aromatic rings. The molecule has 60 valence electrons.